The van der Waals surface area contributed by atoms with Gasteiger partial charge in [0.2, 0.25) is 0 Å². The first-order valence-electron chi connectivity index (χ1n) is 18.9. The molecule has 60 heavy (non-hydrogen) atoms. The van der Waals surface area contributed by atoms with Crippen molar-refractivity contribution < 1.29 is 32.8 Å². The van der Waals surface area contributed by atoms with Crippen molar-refractivity contribution in [2.45, 2.75) is 6.23 Å². The quantitative estimate of drug-likeness (QED) is 0.129. The lowest BCUT2D eigenvalue weighted by Crippen LogP contribution is -2.51. The summed E-state index contributed by atoms with van der Waals surface area (Å²) in [6, 6.07) is 22.5. The van der Waals surface area contributed by atoms with Gasteiger partial charge in [0.1, 0.15) is 24.0 Å². The van der Waals surface area contributed by atoms with Gasteiger partial charge in [-0.05, 0) is 48.5 Å². The number of carbonyl (C=O) groups is 2. The number of fused-ring (bicyclic) bond motifs is 2. The van der Waals surface area contributed by atoms with Crippen LogP contribution in [0.25, 0.3) is 33.8 Å². The van der Waals surface area contributed by atoms with Crippen molar-refractivity contribution >= 4 is 46.1 Å². The van der Waals surface area contributed by atoms with Gasteiger partial charge < -0.3 is 30.7 Å². The molecule has 1 saturated heterocycles. The Labute approximate surface area is 339 Å². The van der Waals surface area contributed by atoms with Crippen molar-refractivity contribution in [3.8, 4) is 22.5 Å². The highest BCUT2D eigenvalue weighted by atomic mass is 19.1. The van der Waals surface area contributed by atoms with Crippen molar-refractivity contribution in [3.05, 3.63) is 145 Å². The Kier molecular flexibility index (Phi) is 10.3. The summed E-state index contributed by atoms with van der Waals surface area (Å²) < 4.78 is 40.4. The van der Waals surface area contributed by atoms with Crippen molar-refractivity contribution in [1.29, 1.82) is 0 Å². The summed E-state index contributed by atoms with van der Waals surface area (Å²) in [6.45, 7) is 1.18. The Morgan fingerprint density at radius 1 is 0.800 bits per heavy atom. The number of nitrogens with zero attached hydrogens (tertiary/aromatic N) is 9. The zero-order chi connectivity index (χ0) is 41.2. The van der Waals surface area contributed by atoms with Gasteiger partial charge in [0.25, 0.3) is 18.0 Å². The number of hydrogen-bond donors (Lipinski definition) is 4. The summed E-state index contributed by atoms with van der Waals surface area (Å²) in [4.78, 5) is 42.8. The molecule has 6 aromatic heterocycles. The number of amides is 2. The predicted octanol–water partition coefficient (Wildman–Crippen LogP) is 5.01. The van der Waals surface area contributed by atoms with E-state index in [0.29, 0.717) is 54.1 Å². The number of imidazole rings is 2. The van der Waals surface area contributed by atoms with E-state index >= 15 is 0 Å². The van der Waals surface area contributed by atoms with E-state index in [9.17, 15) is 23.5 Å². The van der Waals surface area contributed by atoms with Gasteiger partial charge in [0.15, 0.2) is 29.5 Å². The number of nitrogens with one attached hydrogen (secondary N) is 3. The molecule has 1 unspecified atom stereocenters. The number of aliphatic hydroxyl groups is 1. The highest BCUT2D eigenvalue weighted by Crippen LogP contribution is 2.28. The molecule has 1 fully saturated rings. The number of pyridine rings is 2. The normalized spacial score (nSPS) is 14.1. The minimum Gasteiger partial charge on any atom is -0.395 e. The van der Waals surface area contributed by atoms with Gasteiger partial charge in [-0.1, -0.05) is 24.3 Å². The number of benzene rings is 2. The van der Waals surface area contributed by atoms with E-state index in [1.165, 1.54) is 39.6 Å². The van der Waals surface area contributed by atoms with Crippen molar-refractivity contribution in [1.82, 2.24) is 34.2 Å². The molecule has 8 aromatic rings. The maximum Gasteiger partial charge on any atom is 0.280 e. The maximum atomic E-state index is 14.8. The van der Waals surface area contributed by atoms with Crippen LogP contribution in [0.2, 0.25) is 0 Å². The van der Waals surface area contributed by atoms with Gasteiger partial charge in [-0.15, -0.1) is 10.2 Å². The second kappa shape index (κ2) is 16.3. The lowest BCUT2D eigenvalue weighted by Gasteiger charge is -2.30. The van der Waals surface area contributed by atoms with Gasteiger partial charge in [-0.25, -0.2) is 27.8 Å². The number of morpholine rings is 1. The average Bonchev–Trinajstić information content (AvgIpc) is 3.91. The number of anilines is 4. The fraction of sp³-hybridized carbons (Fsp3) is 0.143. The molecular weight excluding hydrogens is 775 g/mol. The van der Waals surface area contributed by atoms with Gasteiger partial charge in [-0.2, -0.15) is 4.57 Å². The van der Waals surface area contributed by atoms with Gasteiger partial charge in [-0.3, -0.25) is 14.6 Å². The molecule has 9 rings (SSSR count). The maximum absolute atomic E-state index is 14.8. The number of ether oxygens (including phenoxy) is 1. The van der Waals surface area contributed by atoms with Crippen LogP contribution < -0.4 is 25.4 Å². The Hall–Kier alpha value is -7.70. The second-order valence-corrected chi connectivity index (χ2v) is 13.7. The average molecular weight is 810 g/mol. The van der Waals surface area contributed by atoms with Crippen molar-refractivity contribution in [2.75, 3.05) is 53.7 Å². The molecule has 0 spiro atoms. The van der Waals surface area contributed by atoms with Crippen molar-refractivity contribution in [3.63, 3.8) is 0 Å². The number of aromatic nitrogens is 8. The zero-order valence-electron chi connectivity index (χ0n) is 31.6. The molecule has 300 valence electrons. The van der Waals surface area contributed by atoms with Gasteiger partial charge in [0, 0.05) is 42.5 Å². The Morgan fingerprint density at radius 2 is 1.43 bits per heavy atom. The summed E-state index contributed by atoms with van der Waals surface area (Å²) in [7, 11) is 0. The minimum absolute atomic E-state index is 0.155. The summed E-state index contributed by atoms with van der Waals surface area (Å²) in [5, 5.41) is 27.4. The van der Waals surface area contributed by atoms with E-state index in [-0.39, 0.29) is 46.7 Å². The van der Waals surface area contributed by atoms with E-state index in [4.69, 9.17) is 9.84 Å². The van der Waals surface area contributed by atoms with Crippen LogP contribution in [-0.4, -0.2) is 83.9 Å². The molecule has 1 aliphatic rings. The van der Waals surface area contributed by atoms with Crippen LogP contribution in [0.5, 0.6) is 0 Å². The Bertz CT molecular complexity index is 2870. The van der Waals surface area contributed by atoms with E-state index in [1.807, 2.05) is 9.47 Å². The molecule has 18 heteroatoms. The fourth-order valence-corrected chi connectivity index (χ4v) is 6.86. The topological polar surface area (TPSA) is 180 Å². The minimum atomic E-state index is -0.486. The zero-order valence-corrected chi connectivity index (χ0v) is 31.6. The molecule has 1 aliphatic heterocycles. The highest BCUT2D eigenvalue weighted by Gasteiger charge is 2.30. The summed E-state index contributed by atoms with van der Waals surface area (Å²) in [6.07, 6.45) is 9.33. The van der Waals surface area contributed by atoms with E-state index in [0.717, 1.165) is 0 Å². The largest absolute Gasteiger partial charge is 0.395 e. The third-order valence-corrected chi connectivity index (χ3v) is 9.78. The van der Waals surface area contributed by atoms with E-state index in [2.05, 4.69) is 36.0 Å². The second-order valence-electron chi connectivity index (χ2n) is 13.7. The van der Waals surface area contributed by atoms with Crippen LogP contribution in [-0.2, 0) is 4.74 Å². The molecule has 0 bridgehead atoms. The standard InChI is InChI=1S/C42H34F2N12O4/c43-32-9-3-1-7-28(32)34-23-55-39(49-34)30(20-36(51-55)46-14-18-57)41(58)47-26-11-15-53(16-12-26)38-25-54(17-19-60-38)37-21-31(42(59)48-27-6-5-13-45-22-27)40-50-35(24-56(40)52-37)29-8-2-4-10-33(29)44/h1-13,15-16,20-24,38,57H,14,17-19,25H2,(H2,46,48,51,59)/p+1. The number of rotatable bonds is 11. The molecule has 4 N–H and O–H groups in total. The number of carbonyl (C=O) groups excluding carboxylic acids is 2. The van der Waals surface area contributed by atoms with Gasteiger partial charge in [0.05, 0.1) is 65.7 Å². The van der Waals surface area contributed by atoms with Crippen LogP contribution in [0.1, 0.15) is 26.9 Å². The lowest BCUT2D eigenvalue weighted by atomic mass is 10.1. The van der Waals surface area contributed by atoms with Crippen LogP contribution >= 0.6 is 0 Å². The molecule has 1 atom stereocenters. The van der Waals surface area contributed by atoms with Crippen LogP contribution in [0.4, 0.5) is 31.8 Å². The molecule has 0 aliphatic carbocycles. The summed E-state index contributed by atoms with van der Waals surface area (Å²) in [5.41, 5.74) is 2.98. The SMILES string of the molecule is O=C(Nc1cc[n+](C2CN(c3cc(C(=O)Nc4cccnc4)c4nc(-c5ccccc5F)cn4n3)CCO2)cc1)c1cc(NCCO)nn2cc(-c3ccccc3F)nc12. The highest BCUT2D eigenvalue weighted by molar-refractivity contribution is 6.09. The third-order valence-electron chi connectivity index (χ3n) is 9.78. The Balaban J connectivity index is 0.963. The summed E-state index contributed by atoms with van der Waals surface area (Å²) in [5.74, 6) is -1.05. The third kappa shape index (κ3) is 7.66. The first kappa shape index (κ1) is 37.9. The Morgan fingerprint density at radius 3 is 2.07 bits per heavy atom. The van der Waals surface area contributed by atoms with Crippen molar-refractivity contribution in [2.24, 2.45) is 0 Å². The first-order valence-corrected chi connectivity index (χ1v) is 18.9. The predicted molar refractivity (Wildman–Crippen MR) is 216 cm³/mol. The van der Waals surface area contributed by atoms with Gasteiger partial charge >= 0.3 is 0 Å². The molecule has 2 aromatic carbocycles. The lowest BCUT2D eigenvalue weighted by molar-refractivity contribution is -0.761. The number of aliphatic hydroxyl groups excluding tert-OH is 1. The molecule has 16 nitrogen and oxygen atoms in total. The molecular formula is C42H35F2N12O4+. The smallest absolute Gasteiger partial charge is 0.280 e. The van der Waals surface area contributed by atoms with E-state index in [1.54, 1.807) is 91.5 Å². The fourth-order valence-electron chi connectivity index (χ4n) is 6.86. The summed E-state index contributed by atoms with van der Waals surface area (Å²) >= 11 is 0. The molecule has 2 amide bonds. The van der Waals surface area contributed by atoms with Crippen LogP contribution in [0.15, 0.2) is 122 Å². The van der Waals surface area contributed by atoms with E-state index < -0.39 is 29.7 Å². The van der Waals surface area contributed by atoms with Crippen LogP contribution in [0.3, 0.4) is 0 Å². The number of hydrogen-bond acceptors (Lipinski definition) is 11. The molecule has 0 saturated carbocycles. The van der Waals surface area contributed by atoms with Crippen LogP contribution in [0, 0.1) is 11.6 Å². The number of halogens is 2. The molecule has 7 heterocycles. The molecule has 0 radical (unpaired) electrons. The first-order chi connectivity index (χ1) is 29.3. The monoisotopic (exact) mass is 809 g/mol.